The lowest BCUT2D eigenvalue weighted by Gasteiger charge is -2.13. The highest BCUT2D eigenvalue weighted by molar-refractivity contribution is 5.73. The summed E-state index contributed by atoms with van der Waals surface area (Å²) in [5.74, 6) is 0.857. The molecule has 2 amide bonds. The van der Waals surface area contributed by atoms with Gasteiger partial charge in [0.05, 0.1) is 6.10 Å². The maximum atomic E-state index is 11.6. The van der Waals surface area contributed by atoms with Crippen LogP contribution in [-0.4, -0.2) is 42.9 Å². The summed E-state index contributed by atoms with van der Waals surface area (Å²) in [4.78, 5) is 17.7. The van der Waals surface area contributed by atoms with E-state index < -0.39 is 0 Å². The lowest BCUT2D eigenvalue weighted by Crippen LogP contribution is -2.36. The Balaban J connectivity index is 2.32. The predicted molar refractivity (Wildman–Crippen MR) is 79.7 cm³/mol. The molecule has 0 saturated carbocycles. The summed E-state index contributed by atoms with van der Waals surface area (Å²) in [6.07, 6.45) is 2.65. The van der Waals surface area contributed by atoms with Crippen LogP contribution in [0, 0.1) is 0 Å². The zero-order valence-corrected chi connectivity index (χ0v) is 12.4. The number of aliphatic hydroxyl groups is 1. The van der Waals surface area contributed by atoms with Crippen LogP contribution in [0.25, 0.3) is 0 Å². The average molecular weight is 280 g/mol. The van der Waals surface area contributed by atoms with E-state index in [1.54, 1.807) is 6.20 Å². The van der Waals surface area contributed by atoms with Gasteiger partial charge < -0.3 is 20.6 Å². The van der Waals surface area contributed by atoms with Crippen molar-refractivity contribution in [2.75, 3.05) is 25.5 Å². The molecule has 0 saturated heterocycles. The van der Waals surface area contributed by atoms with Crippen molar-refractivity contribution in [3.05, 3.63) is 23.9 Å². The molecule has 6 heteroatoms. The highest BCUT2D eigenvalue weighted by Crippen LogP contribution is 2.08. The van der Waals surface area contributed by atoms with E-state index in [2.05, 4.69) is 15.6 Å². The van der Waals surface area contributed by atoms with Crippen LogP contribution in [0.1, 0.15) is 25.3 Å². The van der Waals surface area contributed by atoms with Crippen LogP contribution >= 0.6 is 0 Å². The molecule has 6 nitrogen and oxygen atoms in total. The quantitative estimate of drug-likeness (QED) is 0.699. The first kappa shape index (κ1) is 16.2. The molecule has 112 valence electrons. The third-order valence-electron chi connectivity index (χ3n) is 2.96. The Hall–Kier alpha value is -1.82. The molecular weight excluding hydrogens is 256 g/mol. The van der Waals surface area contributed by atoms with Gasteiger partial charge in [-0.3, -0.25) is 0 Å². The Morgan fingerprint density at radius 3 is 2.85 bits per heavy atom. The SMILES string of the molecule is CCC(O)CCNC(=O)NCc1ccnc(N(C)C)c1. The van der Waals surface area contributed by atoms with Crippen LogP contribution in [0.4, 0.5) is 10.6 Å². The fraction of sp³-hybridized carbons (Fsp3) is 0.571. The Morgan fingerprint density at radius 1 is 1.45 bits per heavy atom. The first-order chi connectivity index (χ1) is 9.52. The second-order valence-electron chi connectivity index (χ2n) is 4.88. The zero-order valence-electron chi connectivity index (χ0n) is 12.4. The molecule has 3 N–H and O–H groups in total. The number of anilines is 1. The van der Waals surface area contributed by atoms with Crippen molar-refractivity contribution in [3.63, 3.8) is 0 Å². The van der Waals surface area contributed by atoms with E-state index >= 15 is 0 Å². The minimum absolute atomic E-state index is 0.225. The summed E-state index contributed by atoms with van der Waals surface area (Å²) in [6, 6.07) is 3.58. The number of rotatable bonds is 7. The van der Waals surface area contributed by atoms with E-state index in [0.717, 1.165) is 11.4 Å². The maximum Gasteiger partial charge on any atom is 0.315 e. The molecule has 1 unspecified atom stereocenters. The predicted octanol–water partition coefficient (Wildman–Crippen LogP) is 1.11. The maximum absolute atomic E-state index is 11.6. The molecule has 0 aliphatic rings. The molecular formula is C14H24N4O2. The molecule has 1 aromatic heterocycles. The van der Waals surface area contributed by atoms with Crippen molar-refractivity contribution in [3.8, 4) is 0 Å². The smallest absolute Gasteiger partial charge is 0.315 e. The van der Waals surface area contributed by atoms with E-state index in [-0.39, 0.29) is 12.1 Å². The van der Waals surface area contributed by atoms with Crippen molar-refractivity contribution in [2.45, 2.75) is 32.4 Å². The number of hydrogen-bond donors (Lipinski definition) is 3. The number of pyridine rings is 1. The van der Waals surface area contributed by atoms with E-state index in [0.29, 0.717) is 25.9 Å². The lowest BCUT2D eigenvalue weighted by molar-refractivity contribution is 0.160. The third kappa shape index (κ3) is 5.88. The largest absolute Gasteiger partial charge is 0.393 e. The van der Waals surface area contributed by atoms with Crippen molar-refractivity contribution in [1.29, 1.82) is 0 Å². The van der Waals surface area contributed by atoms with Crippen molar-refractivity contribution in [2.24, 2.45) is 0 Å². The van der Waals surface area contributed by atoms with Crippen LogP contribution < -0.4 is 15.5 Å². The van der Waals surface area contributed by atoms with Gasteiger partial charge in [0.15, 0.2) is 0 Å². The molecule has 0 fully saturated rings. The summed E-state index contributed by atoms with van der Waals surface area (Å²) in [5.41, 5.74) is 0.993. The topological polar surface area (TPSA) is 77.5 Å². The molecule has 20 heavy (non-hydrogen) atoms. The van der Waals surface area contributed by atoms with Gasteiger partial charge in [-0.2, -0.15) is 0 Å². The average Bonchev–Trinajstić information content (AvgIpc) is 2.45. The molecule has 0 aromatic carbocycles. The first-order valence-corrected chi connectivity index (χ1v) is 6.85. The fourth-order valence-corrected chi connectivity index (χ4v) is 1.62. The second-order valence-corrected chi connectivity index (χ2v) is 4.88. The molecule has 1 aromatic rings. The number of urea groups is 1. The van der Waals surface area contributed by atoms with Crippen molar-refractivity contribution >= 4 is 11.8 Å². The minimum Gasteiger partial charge on any atom is -0.393 e. The lowest BCUT2D eigenvalue weighted by atomic mass is 10.2. The molecule has 1 rings (SSSR count). The van der Waals surface area contributed by atoms with Gasteiger partial charge >= 0.3 is 6.03 Å². The van der Waals surface area contributed by atoms with Gasteiger partial charge in [-0.15, -0.1) is 0 Å². The molecule has 0 aliphatic carbocycles. The normalized spacial score (nSPS) is 11.8. The summed E-state index contributed by atoms with van der Waals surface area (Å²) >= 11 is 0. The number of nitrogens with one attached hydrogen (secondary N) is 2. The van der Waals surface area contributed by atoms with Crippen LogP contribution in [0.3, 0.4) is 0 Å². The highest BCUT2D eigenvalue weighted by Gasteiger charge is 2.04. The van der Waals surface area contributed by atoms with Crippen LogP contribution in [-0.2, 0) is 6.54 Å². The summed E-state index contributed by atoms with van der Waals surface area (Å²) in [7, 11) is 3.84. The van der Waals surface area contributed by atoms with Crippen LogP contribution in [0.2, 0.25) is 0 Å². The van der Waals surface area contributed by atoms with E-state index in [1.807, 2.05) is 38.1 Å². The molecule has 0 radical (unpaired) electrons. The minimum atomic E-state index is -0.349. The van der Waals surface area contributed by atoms with Crippen LogP contribution in [0.5, 0.6) is 0 Å². The number of carbonyl (C=O) groups is 1. The number of nitrogens with zero attached hydrogens (tertiary/aromatic N) is 2. The van der Waals surface area contributed by atoms with Gasteiger partial charge in [-0.05, 0) is 30.5 Å². The highest BCUT2D eigenvalue weighted by atomic mass is 16.3. The summed E-state index contributed by atoms with van der Waals surface area (Å²) in [6.45, 7) is 2.84. The zero-order chi connectivity index (χ0) is 15.0. The van der Waals surface area contributed by atoms with Gasteiger partial charge in [0.1, 0.15) is 5.82 Å². The molecule has 1 atom stereocenters. The van der Waals surface area contributed by atoms with Crippen LogP contribution in [0.15, 0.2) is 18.3 Å². The van der Waals surface area contributed by atoms with E-state index in [4.69, 9.17) is 0 Å². The van der Waals surface area contributed by atoms with Gasteiger partial charge in [0.2, 0.25) is 0 Å². The standard InChI is InChI=1S/C14H24N4O2/c1-4-12(19)6-8-16-14(20)17-10-11-5-7-15-13(9-11)18(2)3/h5,7,9,12,19H,4,6,8,10H2,1-3H3,(H2,16,17,20). The molecule has 0 aliphatic heterocycles. The van der Waals surface area contributed by atoms with Gasteiger partial charge in [-0.1, -0.05) is 6.92 Å². The summed E-state index contributed by atoms with van der Waals surface area (Å²) < 4.78 is 0. The summed E-state index contributed by atoms with van der Waals surface area (Å²) in [5, 5.41) is 14.9. The Morgan fingerprint density at radius 2 is 2.20 bits per heavy atom. The van der Waals surface area contributed by atoms with E-state index in [1.165, 1.54) is 0 Å². The molecule has 0 bridgehead atoms. The van der Waals surface area contributed by atoms with Crippen molar-refractivity contribution in [1.82, 2.24) is 15.6 Å². The molecule has 1 heterocycles. The van der Waals surface area contributed by atoms with Gasteiger partial charge in [0, 0.05) is 33.4 Å². The Labute approximate surface area is 120 Å². The monoisotopic (exact) mass is 280 g/mol. The number of amides is 2. The van der Waals surface area contributed by atoms with Gasteiger partial charge in [0.25, 0.3) is 0 Å². The Kier molecular flexibility index (Phi) is 6.79. The third-order valence-corrected chi connectivity index (χ3v) is 2.96. The number of aromatic nitrogens is 1. The van der Waals surface area contributed by atoms with E-state index in [9.17, 15) is 9.90 Å². The number of hydrogen-bond acceptors (Lipinski definition) is 4. The van der Waals surface area contributed by atoms with Crippen molar-refractivity contribution < 1.29 is 9.90 Å². The Bertz CT molecular complexity index is 423. The second kappa shape index (κ2) is 8.37. The first-order valence-electron chi connectivity index (χ1n) is 6.85. The van der Waals surface area contributed by atoms with Gasteiger partial charge in [-0.25, -0.2) is 9.78 Å². The number of aliphatic hydroxyl groups excluding tert-OH is 1. The molecule has 0 spiro atoms. The number of carbonyl (C=O) groups excluding carboxylic acids is 1. The fourth-order valence-electron chi connectivity index (χ4n) is 1.62.